The Hall–Kier alpha value is -1.62. The second-order valence-electron chi connectivity index (χ2n) is 6.25. The molecule has 0 bridgehead atoms. The van der Waals surface area contributed by atoms with Crippen molar-refractivity contribution in [3.63, 3.8) is 0 Å². The van der Waals surface area contributed by atoms with Gasteiger partial charge in [0.15, 0.2) is 0 Å². The molecule has 1 aliphatic heterocycles. The van der Waals surface area contributed by atoms with Gasteiger partial charge in [-0.1, -0.05) is 0 Å². The van der Waals surface area contributed by atoms with Crippen LogP contribution in [0.1, 0.15) is 37.4 Å². The summed E-state index contributed by atoms with van der Waals surface area (Å²) in [5.74, 6) is 0.626. The third kappa shape index (κ3) is 2.95. The van der Waals surface area contributed by atoms with Gasteiger partial charge in [-0.15, -0.1) is 0 Å². The first-order valence-electron chi connectivity index (χ1n) is 6.97. The molecule has 2 rings (SSSR count). The van der Waals surface area contributed by atoms with Crippen LogP contribution in [0.3, 0.4) is 0 Å². The molecule has 0 radical (unpaired) electrons. The Balaban J connectivity index is 2.55. The van der Waals surface area contributed by atoms with Gasteiger partial charge in [0.05, 0.1) is 17.7 Å². The lowest BCUT2D eigenvalue weighted by atomic mass is 9.89. The van der Waals surface area contributed by atoms with Crippen LogP contribution in [-0.2, 0) is 10.2 Å². The van der Waals surface area contributed by atoms with Crippen molar-refractivity contribution in [3.8, 4) is 11.8 Å². The zero-order chi connectivity index (χ0) is 16.7. The summed E-state index contributed by atoms with van der Waals surface area (Å²) in [6.07, 6.45) is 0.512. The van der Waals surface area contributed by atoms with Gasteiger partial charge in [0.1, 0.15) is 11.4 Å². The van der Waals surface area contributed by atoms with Crippen molar-refractivity contribution in [1.29, 1.82) is 5.26 Å². The molecule has 120 valence electrons. The van der Waals surface area contributed by atoms with E-state index in [0.29, 0.717) is 17.7 Å². The van der Waals surface area contributed by atoms with Crippen LogP contribution in [0.25, 0.3) is 0 Å². The highest BCUT2D eigenvalue weighted by Gasteiger charge is 2.40. The van der Waals surface area contributed by atoms with Gasteiger partial charge in [0.25, 0.3) is 10.2 Å². The van der Waals surface area contributed by atoms with E-state index in [2.05, 4.69) is 6.07 Å². The van der Waals surface area contributed by atoms with Gasteiger partial charge >= 0.3 is 0 Å². The van der Waals surface area contributed by atoms with Gasteiger partial charge < -0.3 is 4.74 Å². The summed E-state index contributed by atoms with van der Waals surface area (Å²) < 4.78 is 33.4. The first-order valence-corrected chi connectivity index (χ1v) is 8.37. The van der Waals surface area contributed by atoms with Crippen LogP contribution in [-0.4, -0.2) is 43.8 Å². The van der Waals surface area contributed by atoms with Crippen LogP contribution in [0.5, 0.6) is 5.75 Å². The Morgan fingerprint density at radius 1 is 1.32 bits per heavy atom. The average molecular weight is 323 g/mol. The molecule has 0 amide bonds. The van der Waals surface area contributed by atoms with Gasteiger partial charge in [-0.2, -0.15) is 22.3 Å². The van der Waals surface area contributed by atoms with Crippen molar-refractivity contribution < 1.29 is 13.2 Å². The Bertz CT molecular complexity index is 720. The summed E-state index contributed by atoms with van der Waals surface area (Å²) >= 11 is 0. The van der Waals surface area contributed by atoms with E-state index in [-0.39, 0.29) is 6.04 Å². The predicted octanol–water partition coefficient (Wildman–Crippen LogP) is 1.90. The third-order valence-electron chi connectivity index (χ3n) is 3.83. The molecule has 6 nitrogen and oxygen atoms in total. The minimum atomic E-state index is -3.56. The average Bonchev–Trinajstić information content (AvgIpc) is 2.44. The van der Waals surface area contributed by atoms with Crippen LogP contribution in [0, 0.1) is 11.3 Å². The molecule has 0 fully saturated rings. The summed E-state index contributed by atoms with van der Waals surface area (Å²) in [5, 5.41) is 9.08. The van der Waals surface area contributed by atoms with E-state index in [1.807, 2.05) is 13.8 Å². The fourth-order valence-electron chi connectivity index (χ4n) is 2.63. The van der Waals surface area contributed by atoms with Gasteiger partial charge in [-0.05, 0) is 32.0 Å². The summed E-state index contributed by atoms with van der Waals surface area (Å²) in [4.78, 5) is 0. The predicted molar refractivity (Wildman–Crippen MR) is 83.6 cm³/mol. The molecule has 0 N–H and O–H groups in total. The van der Waals surface area contributed by atoms with Crippen molar-refractivity contribution in [3.05, 3.63) is 29.3 Å². The fourth-order valence-corrected chi connectivity index (χ4v) is 3.65. The summed E-state index contributed by atoms with van der Waals surface area (Å²) in [7, 11) is 1.00. The minimum Gasteiger partial charge on any atom is -0.487 e. The summed E-state index contributed by atoms with van der Waals surface area (Å²) in [5.41, 5.74) is 0.732. The zero-order valence-corrected chi connectivity index (χ0v) is 14.3. The molecule has 1 atom stereocenters. The highest BCUT2D eigenvalue weighted by Crippen LogP contribution is 2.43. The Morgan fingerprint density at radius 3 is 2.50 bits per heavy atom. The molecular formula is C15H21N3O3S. The number of benzene rings is 1. The largest absolute Gasteiger partial charge is 0.487 e. The first-order chi connectivity index (χ1) is 10.1. The number of fused-ring (bicyclic) bond motifs is 1. The molecule has 0 spiro atoms. The van der Waals surface area contributed by atoms with Crippen LogP contribution in [0.15, 0.2) is 18.2 Å². The van der Waals surface area contributed by atoms with Gasteiger partial charge in [-0.25, -0.2) is 0 Å². The van der Waals surface area contributed by atoms with Crippen molar-refractivity contribution >= 4 is 10.2 Å². The number of nitriles is 1. The Labute approximate surface area is 132 Å². The lowest BCUT2D eigenvalue weighted by Crippen LogP contribution is -2.45. The van der Waals surface area contributed by atoms with E-state index in [0.717, 1.165) is 5.56 Å². The molecule has 1 aromatic carbocycles. The van der Waals surface area contributed by atoms with Gasteiger partial charge in [0.2, 0.25) is 0 Å². The lowest BCUT2D eigenvalue weighted by Gasteiger charge is -2.41. The Morgan fingerprint density at radius 2 is 1.95 bits per heavy atom. The monoisotopic (exact) mass is 323 g/mol. The van der Waals surface area contributed by atoms with Crippen LogP contribution in [0.4, 0.5) is 0 Å². The molecule has 1 heterocycles. The van der Waals surface area contributed by atoms with Crippen molar-refractivity contribution in [1.82, 2.24) is 8.61 Å². The second kappa shape index (κ2) is 5.54. The van der Waals surface area contributed by atoms with Crippen LogP contribution < -0.4 is 4.74 Å². The highest BCUT2D eigenvalue weighted by molar-refractivity contribution is 7.86. The Kier molecular flexibility index (Phi) is 4.22. The third-order valence-corrected chi connectivity index (χ3v) is 5.74. The van der Waals surface area contributed by atoms with Crippen LogP contribution >= 0.6 is 0 Å². The highest BCUT2D eigenvalue weighted by atomic mass is 32.2. The van der Waals surface area contributed by atoms with E-state index in [1.165, 1.54) is 22.7 Å². The second-order valence-corrected chi connectivity index (χ2v) is 8.45. The summed E-state index contributed by atoms with van der Waals surface area (Å²) in [6, 6.07) is 6.83. The van der Waals surface area contributed by atoms with Gasteiger partial charge in [0, 0.05) is 33.1 Å². The quantitative estimate of drug-likeness (QED) is 0.851. The van der Waals surface area contributed by atoms with E-state index >= 15 is 0 Å². The van der Waals surface area contributed by atoms with Crippen molar-refractivity contribution in [2.75, 3.05) is 21.1 Å². The SMILES string of the molecule is CN(C)S(=O)(=O)N(C)C1CC(C)(C)Oc2ccc(C#N)cc21. The molecule has 1 aromatic rings. The molecule has 0 aliphatic carbocycles. The summed E-state index contributed by atoms with van der Waals surface area (Å²) in [6.45, 7) is 3.86. The number of ether oxygens (including phenoxy) is 1. The van der Waals surface area contributed by atoms with E-state index < -0.39 is 15.8 Å². The minimum absolute atomic E-state index is 0.376. The van der Waals surface area contributed by atoms with Crippen LogP contribution in [0.2, 0.25) is 0 Å². The maximum absolute atomic E-state index is 12.5. The molecule has 7 heteroatoms. The normalized spacial score (nSPS) is 20.4. The first kappa shape index (κ1) is 16.7. The molecule has 1 aliphatic rings. The number of hydrogen-bond acceptors (Lipinski definition) is 4. The molecule has 1 unspecified atom stereocenters. The molecule has 0 saturated heterocycles. The molecule has 0 saturated carbocycles. The molecule has 0 aromatic heterocycles. The maximum atomic E-state index is 12.5. The van der Waals surface area contributed by atoms with Crippen molar-refractivity contribution in [2.45, 2.75) is 31.9 Å². The fraction of sp³-hybridized carbons (Fsp3) is 0.533. The standard InChI is InChI=1S/C15H21N3O3S/c1-15(2)9-13(18(5)22(19,20)17(3)4)12-8-11(10-16)6-7-14(12)21-15/h6-8,13H,9H2,1-5H3. The van der Waals surface area contributed by atoms with E-state index in [1.54, 1.807) is 25.2 Å². The smallest absolute Gasteiger partial charge is 0.281 e. The number of nitrogens with zero attached hydrogens (tertiary/aromatic N) is 3. The van der Waals surface area contributed by atoms with E-state index in [4.69, 9.17) is 10.00 Å². The van der Waals surface area contributed by atoms with E-state index in [9.17, 15) is 8.42 Å². The number of hydrogen-bond donors (Lipinski definition) is 0. The van der Waals surface area contributed by atoms with Crippen molar-refractivity contribution in [2.24, 2.45) is 0 Å². The zero-order valence-electron chi connectivity index (χ0n) is 13.5. The molecule has 22 heavy (non-hydrogen) atoms. The van der Waals surface area contributed by atoms with Gasteiger partial charge in [-0.3, -0.25) is 0 Å². The maximum Gasteiger partial charge on any atom is 0.281 e. The topological polar surface area (TPSA) is 73.6 Å². The molecular weight excluding hydrogens is 302 g/mol. The number of rotatable bonds is 3. The lowest BCUT2D eigenvalue weighted by molar-refractivity contribution is 0.0533.